The highest BCUT2D eigenvalue weighted by Crippen LogP contribution is 2.18. The minimum Gasteiger partial charge on any atom is -0.357 e. The Morgan fingerprint density at radius 3 is 2.79 bits per heavy atom. The predicted molar refractivity (Wildman–Crippen MR) is 109 cm³/mol. The topological polar surface area (TPSA) is 36.4 Å². The van der Waals surface area contributed by atoms with Crippen LogP contribution < -0.4 is 10.6 Å². The van der Waals surface area contributed by atoms with Crippen molar-refractivity contribution in [3.63, 3.8) is 0 Å². The molecule has 7 heteroatoms. The number of nitrogens with zero attached hydrogens (tertiary/aromatic N) is 1. The van der Waals surface area contributed by atoms with E-state index in [1.165, 1.54) is 7.76 Å². The highest BCUT2D eigenvalue weighted by molar-refractivity contribution is 14.1. The average molecular weight is 525 g/mol. The molecule has 0 amide bonds. The van der Waals surface area contributed by atoms with Gasteiger partial charge >= 0.3 is 0 Å². The van der Waals surface area contributed by atoms with Crippen molar-refractivity contribution in [1.82, 2.24) is 10.6 Å². The van der Waals surface area contributed by atoms with Gasteiger partial charge in [0, 0.05) is 23.7 Å². The van der Waals surface area contributed by atoms with Gasteiger partial charge in [-0.3, -0.25) is 4.99 Å². The van der Waals surface area contributed by atoms with Crippen LogP contribution in [0.15, 0.2) is 17.1 Å². The zero-order valence-corrected chi connectivity index (χ0v) is 17.4. The van der Waals surface area contributed by atoms with Crippen molar-refractivity contribution < 1.29 is 0 Å². The van der Waals surface area contributed by atoms with Crippen molar-refractivity contribution in [2.45, 2.75) is 13.3 Å². The van der Waals surface area contributed by atoms with Gasteiger partial charge in [0.2, 0.25) is 0 Å². The lowest BCUT2D eigenvalue weighted by molar-refractivity contribution is 0.809. The third-order valence-corrected chi connectivity index (χ3v) is 4.75. The Morgan fingerprint density at radius 1 is 1.42 bits per heavy atom. The summed E-state index contributed by atoms with van der Waals surface area (Å²) in [6.45, 7) is 4.80. The Labute approximate surface area is 155 Å². The van der Waals surface area contributed by atoms with Crippen LogP contribution in [-0.2, 0) is 6.42 Å². The van der Waals surface area contributed by atoms with Gasteiger partial charge in [0.05, 0.1) is 9.43 Å². The number of halogens is 2. The highest BCUT2D eigenvalue weighted by atomic mass is 127. The van der Waals surface area contributed by atoms with Gasteiger partial charge in [-0.15, -0.1) is 35.3 Å². The van der Waals surface area contributed by atoms with E-state index in [1.54, 1.807) is 0 Å². The van der Waals surface area contributed by atoms with Crippen molar-refractivity contribution in [2.75, 3.05) is 31.6 Å². The Morgan fingerprint density at radius 2 is 2.21 bits per heavy atom. The fourth-order valence-corrected chi connectivity index (χ4v) is 3.41. The number of guanidine groups is 1. The molecule has 19 heavy (non-hydrogen) atoms. The minimum atomic E-state index is 0. The molecule has 1 aromatic heterocycles. The van der Waals surface area contributed by atoms with E-state index in [9.17, 15) is 0 Å². The molecule has 1 aromatic rings. The lowest BCUT2D eigenvalue weighted by atomic mass is 10.3. The summed E-state index contributed by atoms with van der Waals surface area (Å²) in [6.07, 6.45) is 3.16. The minimum absolute atomic E-state index is 0. The van der Waals surface area contributed by atoms with Gasteiger partial charge in [0.1, 0.15) is 0 Å². The Balaban J connectivity index is 0.00000324. The van der Waals surface area contributed by atoms with Crippen LogP contribution >= 0.6 is 69.7 Å². The van der Waals surface area contributed by atoms with Gasteiger partial charge in [-0.05, 0) is 54.3 Å². The molecule has 0 bridgehead atoms. The fourth-order valence-electron chi connectivity index (χ4n) is 1.38. The molecular weight excluding hydrogens is 504 g/mol. The Kier molecular flexibility index (Phi) is 13.0. The average Bonchev–Trinajstić information content (AvgIpc) is 2.75. The second-order valence-corrected chi connectivity index (χ2v) is 7.68. The number of thiophene rings is 1. The van der Waals surface area contributed by atoms with E-state index in [1.807, 2.05) is 23.1 Å². The monoisotopic (exact) mass is 525 g/mol. The summed E-state index contributed by atoms with van der Waals surface area (Å²) in [5.74, 6) is 2.00. The molecule has 1 rings (SSSR count). The quantitative estimate of drug-likeness (QED) is 0.248. The van der Waals surface area contributed by atoms with Gasteiger partial charge < -0.3 is 10.6 Å². The van der Waals surface area contributed by atoms with E-state index < -0.39 is 0 Å². The maximum atomic E-state index is 4.52. The van der Waals surface area contributed by atoms with Crippen LogP contribution in [0.1, 0.15) is 11.8 Å². The van der Waals surface area contributed by atoms with Crippen LogP contribution in [0, 0.1) is 2.88 Å². The molecular formula is C12H21I2N3S2. The Hall–Kier alpha value is 0.780. The molecule has 0 aliphatic heterocycles. The van der Waals surface area contributed by atoms with E-state index in [-0.39, 0.29) is 24.0 Å². The maximum absolute atomic E-state index is 4.52. The number of nitrogens with one attached hydrogen (secondary N) is 2. The second kappa shape index (κ2) is 12.5. The molecule has 1 heterocycles. The third-order valence-electron chi connectivity index (χ3n) is 2.20. The van der Waals surface area contributed by atoms with Crippen LogP contribution in [-0.4, -0.2) is 37.6 Å². The first-order valence-corrected chi connectivity index (χ1v) is 9.30. The maximum Gasteiger partial charge on any atom is 0.191 e. The van der Waals surface area contributed by atoms with E-state index in [2.05, 4.69) is 63.5 Å². The SMILES string of the molecule is CCNC(=NCCSC)NCCc1ccc(I)s1.I. The van der Waals surface area contributed by atoms with Gasteiger partial charge in [0.25, 0.3) is 0 Å². The molecule has 0 fully saturated rings. The first-order valence-electron chi connectivity index (χ1n) is 6.01. The third kappa shape index (κ3) is 9.35. The zero-order chi connectivity index (χ0) is 13.2. The van der Waals surface area contributed by atoms with Crippen LogP contribution in [0.25, 0.3) is 0 Å². The van der Waals surface area contributed by atoms with Crippen LogP contribution in [0.4, 0.5) is 0 Å². The predicted octanol–water partition coefficient (Wildman–Crippen LogP) is 3.43. The van der Waals surface area contributed by atoms with Crippen molar-refractivity contribution in [1.29, 1.82) is 0 Å². The largest absolute Gasteiger partial charge is 0.357 e. The molecule has 0 radical (unpaired) electrons. The summed E-state index contributed by atoms with van der Waals surface area (Å²) >= 11 is 6.04. The number of thioether (sulfide) groups is 1. The van der Waals surface area contributed by atoms with E-state index in [4.69, 9.17) is 0 Å². The summed E-state index contributed by atoms with van der Waals surface area (Å²) in [5.41, 5.74) is 0. The van der Waals surface area contributed by atoms with Gasteiger partial charge in [-0.25, -0.2) is 0 Å². The number of rotatable bonds is 7. The molecule has 0 saturated heterocycles. The summed E-state index contributed by atoms with van der Waals surface area (Å²) in [5, 5.41) is 6.64. The van der Waals surface area contributed by atoms with Crippen LogP contribution in [0.3, 0.4) is 0 Å². The normalized spacial score (nSPS) is 11.0. The molecule has 0 saturated carbocycles. The summed E-state index contributed by atoms with van der Waals surface area (Å²) in [7, 11) is 0. The Bertz CT molecular complexity index is 370. The molecule has 0 aliphatic rings. The van der Waals surface area contributed by atoms with Crippen LogP contribution in [0.5, 0.6) is 0 Å². The second-order valence-electron chi connectivity index (χ2n) is 3.64. The fraction of sp³-hybridized carbons (Fsp3) is 0.583. The standard InChI is InChI=1S/C12H20IN3S2.HI/c1-3-14-12(16-8-9-17-2)15-7-6-10-4-5-11(13)18-10;/h4-5H,3,6-9H2,1-2H3,(H2,14,15,16);1H. The van der Waals surface area contributed by atoms with Crippen LogP contribution in [0.2, 0.25) is 0 Å². The molecule has 0 unspecified atom stereocenters. The van der Waals surface area contributed by atoms with E-state index >= 15 is 0 Å². The summed E-state index contributed by atoms with van der Waals surface area (Å²) < 4.78 is 1.35. The molecule has 3 nitrogen and oxygen atoms in total. The van der Waals surface area contributed by atoms with Crippen molar-refractivity contribution in [3.05, 3.63) is 19.9 Å². The molecule has 0 atom stereocenters. The van der Waals surface area contributed by atoms with E-state index in [0.717, 1.165) is 37.8 Å². The van der Waals surface area contributed by atoms with Gasteiger partial charge in [-0.1, -0.05) is 0 Å². The van der Waals surface area contributed by atoms with Gasteiger partial charge in [0.15, 0.2) is 5.96 Å². The van der Waals surface area contributed by atoms with Crippen molar-refractivity contribution >= 4 is 75.6 Å². The first-order chi connectivity index (χ1) is 8.76. The molecule has 0 spiro atoms. The molecule has 2 N–H and O–H groups in total. The summed E-state index contributed by atoms with van der Waals surface area (Å²) in [4.78, 5) is 5.94. The molecule has 0 aromatic carbocycles. The first kappa shape index (κ1) is 19.8. The van der Waals surface area contributed by atoms with Crippen molar-refractivity contribution in [2.24, 2.45) is 4.99 Å². The lowest BCUT2D eigenvalue weighted by Gasteiger charge is -2.10. The molecule has 0 aliphatic carbocycles. The number of aliphatic imine (C=N–C) groups is 1. The number of hydrogen-bond acceptors (Lipinski definition) is 3. The summed E-state index contributed by atoms with van der Waals surface area (Å²) in [6, 6.07) is 4.37. The van der Waals surface area contributed by atoms with Gasteiger partial charge in [-0.2, -0.15) is 11.8 Å². The van der Waals surface area contributed by atoms with Crippen molar-refractivity contribution in [3.8, 4) is 0 Å². The van der Waals surface area contributed by atoms with E-state index in [0.29, 0.717) is 0 Å². The highest BCUT2D eigenvalue weighted by Gasteiger charge is 1.99. The number of hydrogen-bond donors (Lipinski definition) is 2. The smallest absolute Gasteiger partial charge is 0.191 e. The molecule has 110 valence electrons. The lowest BCUT2D eigenvalue weighted by Crippen LogP contribution is -2.38. The zero-order valence-electron chi connectivity index (χ0n) is 11.2.